The number of rotatable bonds is 2. The molecule has 0 heterocycles. The first kappa shape index (κ1) is 7.98. The Kier molecular flexibility index (Phi) is 2.28. The van der Waals surface area contributed by atoms with Gasteiger partial charge in [-0.1, -0.05) is 0 Å². The van der Waals surface area contributed by atoms with Crippen LogP contribution >= 0.6 is 0 Å². The molecule has 3 heteroatoms. The third kappa shape index (κ3) is 1.31. The molecule has 0 spiro atoms. The van der Waals surface area contributed by atoms with Gasteiger partial charge in [0.2, 0.25) is 0 Å². The average molecular weight is 145 g/mol. The zero-order valence-corrected chi connectivity index (χ0v) is 6.59. The molecule has 1 aliphatic rings. The first-order valence-electron chi connectivity index (χ1n) is 3.58. The molecule has 1 unspecified atom stereocenters. The van der Waals surface area contributed by atoms with Crippen LogP contribution < -0.4 is 5.73 Å². The minimum absolute atomic E-state index is 0.250. The summed E-state index contributed by atoms with van der Waals surface area (Å²) in [5, 5.41) is 0. The van der Waals surface area contributed by atoms with E-state index >= 15 is 0 Å². The first-order chi connectivity index (χ1) is 4.72. The molecule has 0 saturated heterocycles. The molecular formula is C7H15NO2. The van der Waals surface area contributed by atoms with Gasteiger partial charge in [-0.2, -0.15) is 0 Å². The Bertz CT molecular complexity index is 112. The highest BCUT2D eigenvalue weighted by atomic mass is 16.7. The molecule has 1 fully saturated rings. The maximum absolute atomic E-state index is 5.70. The molecular weight excluding hydrogens is 130 g/mol. The van der Waals surface area contributed by atoms with E-state index < -0.39 is 0 Å². The lowest BCUT2D eigenvalue weighted by Crippen LogP contribution is -2.32. The van der Waals surface area contributed by atoms with Gasteiger partial charge in [-0.05, 0) is 6.42 Å². The highest BCUT2D eigenvalue weighted by molar-refractivity contribution is 4.85. The average Bonchev–Trinajstić information content (AvgIpc) is 2.33. The summed E-state index contributed by atoms with van der Waals surface area (Å²) >= 11 is 0. The van der Waals surface area contributed by atoms with E-state index in [0.717, 1.165) is 19.3 Å². The third-order valence-electron chi connectivity index (χ3n) is 2.21. The third-order valence-corrected chi connectivity index (χ3v) is 2.21. The van der Waals surface area contributed by atoms with Crippen molar-refractivity contribution in [1.82, 2.24) is 0 Å². The number of hydrogen-bond acceptors (Lipinski definition) is 3. The van der Waals surface area contributed by atoms with Crippen LogP contribution in [0.2, 0.25) is 0 Å². The minimum Gasteiger partial charge on any atom is -0.353 e. The topological polar surface area (TPSA) is 44.5 Å². The second-order valence-electron chi connectivity index (χ2n) is 2.82. The second-order valence-corrected chi connectivity index (χ2v) is 2.82. The summed E-state index contributed by atoms with van der Waals surface area (Å²) in [5.74, 6) is -0.376. The SMILES string of the molecule is COC1(OC)CCC(N)C1. The summed E-state index contributed by atoms with van der Waals surface area (Å²) in [5.41, 5.74) is 5.70. The standard InChI is InChI=1S/C7H15NO2/c1-9-7(10-2)4-3-6(8)5-7/h6H,3-5,8H2,1-2H3. The number of ether oxygens (including phenoxy) is 2. The lowest BCUT2D eigenvalue weighted by molar-refractivity contribution is -0.201. The van der Waals surface area contributed by atoms with Gasteiger partial charge in [0.15, 0.2) is 5.79 Å². The molecule has 0 aliphatic heterocycles. The van der Waals surface area contributed by atoms with Crippen LogP contribution in [0.3, 0.4) is 0 Å². The van der Waals surface area contributed by atoms with Crippen molar-refractivity contribution < 1.29 is 9.47 Å². The molecule has 10 heavy (non-hydrogen) atoms. The van der Waals surface area contributed by atoms with Crippen LogP contribution in [0.15, 0.2) is 0 Å². The van der Waals surface area contributed by atoms with Crippen LogP contribution in [0.4, 0.5) is 0 Å². The molecule has 1 atom stereocenters. The number of methoxy groups -OCH3 is 2. The van der Waals surface area contributed by atoms with Gasteiger partial charge in [-0.3, -0.25) is 0 Å². The van der Waals surface area contributed by atoms with Crippen LogP contribution in [-0.2, 0) is 9.47 Å². The van der Waals surface area contributed by atoms with E-state index in [4.69, 9.17) is 15.2 Å². The molecule has 0 bridgehead atoms. The van der Waals surface area contributed by atoms with Gasteiger partial charge in [0, 0.05) is 33.1 Å². The molecule has 0 amide bonds. The molecule has 1 saturated carbocycles. The Morgan fingerprint density at radius 1 is 1.40 bits per heavy atom. The lowest BCUT2D eigenvalue weighted by atomic mass is 10.2. The first-order valence-corrected chi connectivity index (χ1v) is 3.58. The van der Waals surface area contributed by atoms with Crippen LogP contribution in [0.1, 0.15) is 19.3 Å². The van der Waals surface area contributed by atoms with Crippen molar-refractivity contribution in [1.29, 1.82) is 0 Å². The van der Waals surface area contributed by atoms with Gasteiger partial charge < -0.3 is 15.2 Å². The van der Waals surface area contributed by atoms with Gasteiger partial charge >= 0.3 is 0 Å². The fourth-order valence-corrected chi connectivity index (χ4v) is 1.46. The highest BCUT2D eigenvalue weighted by Gasteiger charge is 2.37. The van der Waals surface area contributed by atoms with Crippen molar-refractivity contribution in [3.8, 4) is 0 Å². The van der Waals surface area contributed by atoms with E-state index in [1.807, 2.05) is 0 Å². The molecule has 0 aromatic heterocycles. The molecule has 2 N–H and O–H groups in total. The minimum atomic E-state index is -0.376. The summed E-state index contributed by atoms with van der Waals surface area (Å²) < 4.78 is 10.4. The van der Waals surface area contributed by atoms with Crippen molar-refractivity contribution in [2.75, 3.05) is 14.2 Å². The Labute approximate surface area is 61.5 Å². The fraction of sp³-hybridized carbons (Fsp3) is 1.00. The molecule has 1 rings (SSSR count). The smallest absolute Gasteiger partial charge is 0.169 e. The zero-order chi connectivity index (χ0) is 7.61. The largest absolute Gasteiger partial charge is 0.353 e. The molecule has 1 aliphatic carbocycles. The van der Waals surface area contributed by atoms with Gasteiger partial charge in [0.05, 0.1) is 0 Å². The monoisotopic (exact) mass is 145 g/mol. The van der Waals surface area contributed by atoms with Crippen molar-refractivity contribution in [3.05, 3.63) is 0 Å². The molecule has 3 nitrogen and oxygen atoms in total. The van der Waals surface area contributed by atoms with E-state index in [9.17, 15) is 0 Å². The van der Waals surface area contributed by atoms with E-state index in [0.29, 0.717) is 0 Å². The summed E-state index contributed by atoms with van der Waals surface area (Å²) in [6.45, 7) is 0. The van der Waals surface area contributed by atoms with Crippen molar-refractivity contribution in [2.45, 2.75) is 31.1 Å². The van der Waals surface area contributed by atoms with Gasteiger partial charge in [-0.25, -0.2) is 0 Å². The Morgan fingerprint density at radius 2 is 2.00 bits per heavy atom. The van der Waals surface area contributed by atoms with Gasteiger partial charge in [0.1, 0.15) is 0 Å². The Hall–Kier alpha value is -0.120. The van der Waals surface area contributed by atoms with E-state index in [-0.39, 0.29) is 11.8 Å². The summed E-state index contributed by atoms with van der Waals surface area (Å²) in [6, 6.07) is 0.250. The maximum Gasteiger partial charge on any atom is 0.169 e. The second kappa shape index (κ2) is 2.86. The zero-order valence-electron chi connectivity index (χ0n) is 6.59. The normalized spacial score (nSPS) is 30.9. The molecule has 0 aromatic rings. The highest BCUT2D eigenvalue weighted by Crippen LogP contribution is 2.32. The quantitative estimate of drug-likeness (QED) is 0.575. The van der Waals surface area contributed by atoms with Crippen molar-refractivity contribution in [3.63, 3.8) is 0 Å². The number of hydrogen-bond donors (Lipinski definition) is 1. The van der Waals surface area contributed by atoms with Crippen molar-refractivity contribution in [2.24, 2.45) is 5.73 Å². The summed E-state index contributed by atoms with van der Waals surface area (Å²) in [6.07, 6.45) is 2.74. The molecule has 0 radical (unpaired) electrons. The van der Waals surface area contributed by atoms with E-state index in [1.54, 1.807) is 14.2 Å². The van der Waals surface area contributed by atoms with Gasteiger partial charge in [-0.15, -0.1) is 0 Å². The van der Waals surface area contributed by atoms with E-state index in [1.165, 1.54) is 0 Å². The Balaban J connectivity index is 2.51. The van der Waals surface area contributed by atoms with Gasteiger partial charge in [0.25, 0.3) is 0 Å². The molecule has 60 valence electrons. The predicted octanol–water partition coefficient (Wildman–Crippen LogP) is 0.487. The summed E-state index contributed by atoms with van der Waals surface area (Å²) in [4.78, 5) is 0. The predicted molar refractivity (Wildman–Crippen MR) is 38.6 cm³/mol. The lowest BCUT2D eigenvalue weighted by Gasteiger charge is -2.25. The van der Waals surface area contributed by atoms with Crippen molar-refractivity contribution >= 4 is 0 Å². The Morgan fingerprint density at radius 3 is 2.20 bits per heavy atom. The van der Waals surface area contributed by atoms with Crippen LogP contribution in [-0.4, -0.2) is 26.0 Å². The van der Waals surface area contributed by atoms with E-state index in [2.05, 4.69) is 0 Å². The number of nitrogens with two attached hydrogens (primary N) is 1. The maximum atomic E-state index is 5.70. The van der Waals surface area contributed by atoms with Crippen LogP contribution in [0, 0.1) is 0 Å². The summed E-state index contributed by atoms with van der Waals surface area (Å²) in [7, 11) is 3.34. The fourth-order valence-electron chi connectivity index (χ4n) is 1.46. The van der Waals surface area contributed by atoms with Crippen LogP contribution in [0.5, 0.6) is 0 Å². The molecule has 0 aromatic carbocycles. The van der Waals surface area contributed by atoms with Crippen LogP contribution in [0.25, 0.3) is 0 Å².